The van der Waals surface area contributed by atoms with Crippen LogP contribution in [0.1, 0.15) is 297 Å². The van der Waals surface area contributed by atoms with Gasteiger partial charge < -0.3 is 33.8 Å². The summed E-state index contributed by atoms with van der Waals surface area (Å²) in [5.41, 5.74) is 0. The molecule has 0 aliphatic rings. The summed E-state index contributed by atoms with van der Waals surface area (Å²) in [6.07, 6.45) is 92.3. The minimum Gasteiger partial charge on any atom is -0.462 e. The molecule has 0 aliphatic heterocycles. The first kappa shape index (κ1) is 100. The molecule has 0 aliphatic carbocycles. The summed E-state index contributed by atoms with van der Waals surface area (Å²) in [6.45, 7) is 4.40. The molecule has 0 bridgehead atoms. The van der Waals surface area contributed by atoms with Crippen LogP contribution in [0.5, 0.6) is 0 Å². The first-order chi connectivity index (χ1) is 51.7. The van der Waals surface area contributed by atoms with Crippen LogP contribution < -0.4 is 0 Å². The Morgan fingerprint density at radius 2 is 0.538 bits per heavy atom. The second-order valence-corrected chi connectivity index (χ2v) is 29.2. The van der Waals surface area contributed by atoms with Gasteiger partial charge in [-0.3, -0.25) is 37.3 Å². The zero-order valence-electron chi connectivity index (χ0n) is 65.8. The minimum absolute atomic E-state index is 0.0573. The fraction of sp³-hybridized carbons (Fsp3) is 0.632. The zero-order chi connectivity index (χ0) is 77.4. The molecule has 0 fully saturated rings. The molecule has 0 aromatic carbocycles. The second kappa shape index (κ2) is 77.6. The van der Waals surface area contributed by atoms with Gasteiger partial charge in [-0.15, -0.1) is 0 Å². The number of rotatable bonds is 74. The van der Waals surface area contributed by atoms with E-state index in [1.807, 2.05) is 24.3 Å². The number of phosphoric ester groups is 2. The Balaban J connectivity index is 5.50. The summed E-state index contributed by atoms with van der Waals surface area (Å²) in [5.74, 6) is -2.43. The Morgan fingerprint density at radius 1 is 0.283 bits per heavy atom. The van der Waals surface area contributed by atoms with E-state index in [4.69, 9.17) is 37.0 Å². The lowest BCUT2D eigenvalue weighted by molar-refractivity contribution is -0.161. The lowest BCUT2D eigenvalue weighted by Crippen LogP contribution is -2.30. The van der Waals surface area contributed by atoms with Gasteiger partial charge in [0.05, 0.1) is 32.8 Å². The molecule has 5 atom stereocenters. The van der Waals surface area contributed by atoms with E-state index in [1.54, 1.807) is 12.2 Å². The summed E-state index contributed by atoms with van der Waals surface area (Å²) >= 11 is 0. The first-order valence-corrected chi connectivity index (χ1v) is 43.4. The third-order valence-corrected chi connectivity index (χ3v) is 18.1. The molecule has 0 saturated carbocycles. The number of hydrogen-bond donors (Lipinski definition) is 3. The molecule has 0 amide bonds. The maximum atomic E-state index is 13.1. The molecule has 19 heteroatoms. The molecule has 0 spiro atoms. The smallest absolute Gasteiger partial charge is 0.462 e. The predicted molar refractivity (Wildman–Crippen MR) is 436 cm³/mol. The number of unbranched alkanes of at least 4 members (excludes halogenated alkanes) is 21. The maximum Gasteiger partial charge on any atom is 0.472 e. The van der Waals surface area contributed by atoms with Crippen LogP contribution in [-0.4, -0.2) is 96.7 Å². The summed E-state index contributed by atoms with van der Waals surface area (Å²) < 4.78 is 68.4. The number of carbonyl (C=O) groups excluding carboxylic acids is 4. The molecular weight excluding hydrogens is 1380 g/mol. The third-order valence-electron chi connectivity index (χ3n) is 16.2. The summed E-state index contributed by atoms with van der Waals surface area (Å²) in [7, 11) is -10.0. The molecule has 0 aromatic heterocycles. The van der Waals surface area contributed by atoms with Gasteiger partial charge in [-0.1, -0.05) is 288 Å². The average molecular weight is 1520 g/mol. The highest BCUT2D eigenvalue weighted by molar-refractivity contribution is 7.47. The van der Waals surface area contributed by atoms with Crippen molar-refractivity contribution in [3.63, 3.8) is 0 Å². The van der Waals surface area contributed by atoms with E-state index in [9.17, 15) is 43.2 Å². The molecule has 602 valence electrons. The van der Waals surface area contributed by atoms with Gasteiger partial charge in [0, 0.05) is 19.3 Å². The lowest BCUT2D eigenvalue weighted by atomic mass is 10.1. The van der Waals surface area contributed by atoms with Crippen LogP contribution in [0, 0.1) is 0 Å². The van der Waals surface area contributed by atoms with E-state index < -0.39 is 97.5 Å². The van der Waals surface area contributed by atoms with Crippen LogP contribution in [-0.2, 0) is 65.4 Å². The van der Waals surface area contributed by atoms with E-state index in [0.717, 1.165) is 154 Å². The number of aliphatic hydroxyl groups is 1. The van der Waals surface area contributed by atoms with Crippen LogP contribution in [0.25, 0.3) is 0 Å². The fourth-order valence-electron chi connectivity index (χ4n) is 10.1. The van der Waals surface area contributed by atoms with E-state index >= 15 is 0 Å². The van der Waals surface area contributed by atoms with Gasteiger partial charge in [0.25, 0.3) is 0 Å². The quantitative estimate of drug-likeness (QED) is 0.0169. The summed E-state index contributed by atoms with van der Waals surface area (Å²) in [4.78, 5) is 73.0. The van der Waals surface area contributed by atoms with Crippen molar-refractivity contribution in [1.82, 2.24) is 0 Å². The minimum atomic E-state index is -5.02. The largest absolute Gasteiger partial charge is 0.472 e. The van der Waals surface area contributed by atoms with Crippen LogP contribution >= 0.6 is 15.6 Å². The van der Waals surface area contributed by atoms with Gasteiger partial charge >= 0.3 is 39.5 Å². The highest BCUT2D eigenvalue weighted by Gasteiger charge is 2.30. The molecule has 5 unspecified atom stereocenters. The fourth-order valence-corrected chi connectivity index (χ4v) is 11.7. The van der Waals surface area contributed by atoms with Gasteiger partial charge in [0.1, 0.15) is 19.3 Å². The summed E-state index contributed by atoms with van der Waals surface area (Å²) in [5, 5.41) is 10.6. The number of aliphatic hydroxyl groups excluding tert-OH is 1. The topological polar surface area (TPSA) is 237 Å². The molecule has 106 heavy (non-hydrogen) atoms. The number of carbonyl (C=O) groups is 4. The zero-order valence-corrected chi connectivity index (χ0v) is 67.6. The van der Waals surface area contributed by atoms with Crippen molar-refractivity contribution in [2.24, 2.45) is 0 Å². The van der Waals surface area contributed by atoms with Crippen LogP contribution in [0.4, 0.5) is 0 Å². The predicted octanol–water partition coefficient (Wildman–Crippen LogP) is 23.8. The third kappa shape index (κ3) is 76.6. The normalized spacial score (nSPS) is 14.7. The van der Waals surface area contributed by atoms with Gasteiger partial charge in [-0.2, -0.15) is 0 Å². The van der Waals surface area contributed by atoms with E-state index in [-0.39, 0.29) is 25.7 Å². The van der Waals surface area contributed by atoms with Crippen molar-refractivity contribution < 1.29 is 80.2 Å². The number of hydrogen-bond acceptors (Lipinski definition) is 15. The molecule has 0 saturated heterocycles. The number of ether oxygens (including phenoxy) is 4. The Morgan fingerprint density at radius 3 is 0.906 bits per heavy atom. The molecule has 0 heterocycles. The number of esters is 4. The molecule has 3 N–H and O–H groups in total. The van der Waals surface area contributed by atoms with Crippen molar-refractivity contribution in [2.45, 2.75) is 316 Å². The van der Waals surface area contributed by atoms with E-state index in [1.165, 1.54) is 57.8 Å². The molecule has 0 rings (SSSR count). The Labute approximate surface area is 642 Å². The van der Waals surface area contributed by atoms with Crippen LogP contribution in [0.3, 0.4) is 0 Å². The molecule has 0 radical (unpaired) electrons. The van der Waals surface area contributed by atoms with Crippen molar-refractivity contribution in [2.75, 3.05) is 39.6 Å². The van der Waals surface area contributed by atoms with Crippen molar-refractivity contribution in [3.8, 4) is 0 Å². The lowest BCUT2D eigenvalue weighted by Gasteiger charge is -2.21. The molecule has 17 nitrogen and oxygen atoms in total. The van der Waals surface area contributed by atoms with Gasteiger partial charge in [-0.25, -0.2) is 9.13 Å². The average Bonchev–Trinajstić information content (AvgIpc) is 0.928. The SMILES string of the molecule is CC/C=C\C/C=C\C/C=C\C/C=C\C/C=C\CCCC(=O)OCC(COP(=O)(O)OCC(O)COP(=O)(O)OCC(COC(=O)CCCCCCCC/C=C\C/C=C\C/C=C\CCCCC)OC(=O)CCCCCCC/C=C\CCCCCCCC)OC(=O)C/C=C\C/C=C\C/C=C\C/C=C\C/C=C\CC. The molecule has 0 aromatic rings. The standard InChI is InChI=1S/C87H142O17P2/c1-5-9-13-17-21-25-29-33-37-39-40-42-46-48-52-56-60-64-68-72-85(90)98-78-83(104-87(92)74-70-66-62-58-54-50-44-36-32-28-24-20-16-12-8-4)80-102-106(95,96)100-76-81(88)75-99-105(93,94)101-79-82(103-86(91)73-69-65-61-57-53-49-43-35-31-27-23-19-15-11-7-3)77-97-84(89)71-67-63-59-55-51-47-45-41-38-34-30-26-22-18-14-10-6-2/h10-11,14-15,21-23,25-27,33-38,40,42-45,47,53,55,57,59,65,69,81-83,88H,5-9,12-13,16-20,24,28-32,39,41,46,48-52,54,56,58,60-64,66-68,70-80H2,1-4H3,(H,93,94)(H,95,96)/b14-10-,15-11-,25-21-,26-22-,27-23-,37-33-,38-34-,42-40-,43-35-,44-36-,47-45-,57-53-,59-55-,69-65-. The maximum absolute atomic E-state index is 13.1. The van der Waals surface area contributed by atoms with E-state index in [2.05, 4.69) is 161 Å². The van der Waals surface area contributed by atoms with Crippen LogP contribution in [0.2, 0.25) is 0 Å². The Kier molecular flexibility index (Phi) is 73.5. The van der Waals surface area contributed by atoms with Crippen molar-refractivity contribution >= 4 is 39.5 Å². The second-order valence-electron chi connectivity index (χ2n) is 26.3. The first-order valence-electron chi connectivity index (χ1n) is 40.4. The van der Waals surface area contributed by atoms with E-state index in [0.29, 0.717) is 32.1 Å². The highest BCUT2D eigenvalue weighted by atomic mass is 31.2. The molecular formula is C87H142O17P2. The summed E-state index contributed by atoms with van der Waals surface area (Å²) in [6, 6.07) is 0. The number of phosphoric acid groups is 2. The van der Waals surface area contributed by atoms with Gasteiger partial charge in [-0.05, 0) is 154 Å². The van der Waals surface area contributed by atoms with Crippen molar-refractivity contribution in [1.29, 1.82) is 0 Å². The Hall–Kier alpha value is -5.58. The highest BCUT2D eigenvalue weighted by Crippen LogP contribution is 2.45. The van der Waals surface area contributed by atoms with Crippen molar-refractivity contribution in [3.05, 3.63) is 170 Å². The number of allylic oxidation sites excluding steroid dienone is 27. The van der Waals surface area contributed by atoms with Crippen LogP contribution in [0.15, 0.2) is 170 Å². The van der Waals surface area contributed by atoms with Gasteiger partial charge in [0.15, 0.2) is 12.2 Å². The van der Waals surface area contributed by atoms with Gasteiger partial charge in [0.2, 0.25) is 0 Å². The Bertz CT molecular complexity index is 2680. The monoisotopic (exact) mass is 1520 g/mol.